The van der Waals surface area contributed by atoms with Crippen molar-refractivity contribution in [3.63, 3.8) is 0 Å². The number of nitrogen functional groups attached to an aromatic ring is 2. The van der Waals surface area contributed by atoms with Crippen LogP contribution in [0.1, 0.15) is 40.9 Å². The number of hydrogen-bond donors (Lipinski definition) is 15. The fourth-order valence-corrected chi connectivity index (χ4v) is 7.25. The predicted octanol–water partition coefficient (Wildman–Crippen LogP) is -1.74. The molecule has 18 N–H and O–H groups in total. The van der Waals surface area contributed by atoms with Crippen LogP contribution in [0.4, 0.5) is 17.3 Å². The van der Waals surface area contributed by atoms with E-state index in [9.17, 15) is 55.5 Å². The number of halogens is 1. The number of carbonyl (C=O) groups excluding carboxylic acids is 2. The summed E-state index contributed by atoms with van der Waals surface area (Å²) in [4.78, 5) is 37.5. The first-order valence-corrected chi connectivity index (χ1v) is 23.0. The summed E-state index contributed by atoms with van der Waals surface area (Å²) in [5, 5.41) is 106. The Morgan fingerprint density at radius 3 is 1.75 bits per heavy atom. The maximum atomic E-state index is 13.3. The van der Waals surface area contributed by atoms with Crippen LogP contribution in [0.5, 0.6) is 11.5 Å². The molecule has 0 unspecified atom stereocenters. The van der Waals surface area contributed by atoms with Crippen LogP contribution < -0.4 is 37.3 Å². The van der Waals surface area contributed by atoms with Gasteiger partial charge in [-0.15, -0.1) is 0 Å². The molecular weight excluding hydrogens is 968 g/mol. The molecule has 0 aliphatic carbocycles. The van der Waals surface area contributed by atoms with Gasteiger partial charge in [0.15, 0.2) is 28.4 Å². The van der Waals surface area contributed by atoms with Crippen molar-refractivity contribution in [2.45, 2.75) is 93.1 Å². The molecule has 1 aromatic heterocycles. The Morgan fingerprint density at radius 1 is 0.667 bits per heavy atom. The molecule has 0 fully saturated rings. The highest BCUT2D eigenvalue weighted by Crippen LogP contribution is 2.29. The molecule has 3 aromatic carbocycles. The van der Waals surface area contributed by atoms with Crippen molar-refractivity contribution < 1.29 is 79.6 Å². The Bertz CT molecular complexity index is 2360. The van der Waals surface area contributed by atoms with Gasteiger partial charge in [-0.3, -0.25) is 19.9 Å². The van der Waals surface area contributed by atoms with Gasteiger partial charge >= 0.3 is 0 Å². The molecule has 0 saturated heterocycles. The molecule has 25 heteroatoms. The Kier molecular flexibility index (Phi) is 23.7. The zero-order valence-corrected chi connectivity index (χ0v) is 40.3. The number of hydrogen-bond acceptors (Lipinski definition) is 21. The highest BCUT2D eigenvalue weighted by molar-refractivity contribution is 6.31. The van der Waals surface area contributed by atoms with Crippen molar-refractivity contribution in [1.82, 2.24) is 15.3 Å². The Hall–Kier alpha value is -5.84. The summed E-state index contributed by atoms with van der Waals surface area (Å²) in [7, 11) is 2.25. The largest absolute Gasteiger partial charge is 0.491 e. The van der Waals surface area contributed by atoms with Gasteiger partial charge in [-0.05, 0) is 47.9 Å². The molecule has 0 radical (unpaired) electrons. The van der Waals surface area contributed by atoms with E-state index in [0.717, 1.165) is 49.3 Å². The lowest BCUT2D eigenvalue weighted by atomic mass is 9.99. The lowest BCUT2D eigenvalue weighted by Crippen LogP contribution is -2.52. The molecule has 0 aliphatic rings. The highest BCUT2D eigenvalue weighted by atomic mass is 35.5. The third-order valence-electron chi connectivity index (χ3n) is 11.2. The number of nitrogens with zero attached hydrogens (tertiary/aromatic N) is 3. The number of benzene rings is 3. The van der Waals surface area contributed by atoms with E-state index in [2.05, 4.69) is 25.6 Å². The Labute approximate surface area is 419 Å². The van der Waals surface area contributed by atoms with Gasteiger partial charge in [0, 0.05) is 51.1 Å². The molecule has 0 saturated carbocycles. The van der Waals surface area contributed by atoms with Crippen LogP contribution in [-0.4, -0.2) is 187 Å². The van der Waals surface area contributed by atoms with Crippen LogP contribution >= 0.6 is 11.6 Å². The number of aliphatic hydroxyl groups is 10. The number of guanidine groups is 1. The number of unbranched alkanes of at least 4 members (excludes halogenated alkanes) is 1. The maximum Gasteiger partial charge on any atom is 0.280 e. The van der Waals surface area contributed by atoms with E-state index in [1.165, 1.54) is 18.2 Å². The number of methoxy groups -OCH3 is 2. The standard InChI is InChI=1S/C47H65ClN8O16/c1-69-41(40(67)37(64)31(59)20-57)34(62)23-72-30-18-28(17-29(19-30)71-22-33(61)39(66)42(70-2)38(65)32(60)21-58)53-35(63)15-10-25-8-13-27(14-9-25)26-11-6-24(7-12-26)5-3-4-16-52-47(51)56-46(68)36-44(49)55-45(50)43(48)54-36/h6-9,11-14,17-19,31-34,37-42,57-62,64-67H,3-5,10,15-16,20-23H2,1-2H3,(H,53,63)(H4,49,50,55)(H3,51,52,56,68)/t31-,32-,33+,34+,37-,38-,39+,40+,41+,42+/m0/s1. The quantitative estimate of drug-likeness (QED) is 0.0163. The van der Waals surface area contributed by atoms with Gasteiger partial charge in [0.05, 0.1) is 13.2 Å². The number of nitrogens with one attached hydrogen (secondary N) is 2. The molecule has 396 valence electrons. The number of anilines is 3. The van der Waals surface area contributed by atoms with Crippen LogP contribution in [-0.2, 0) is 27.1 Å². The van der Waals surface area contributed by atoms with Crippen molar-refractivity contribution >= 4 is 46.7 Å². The van der Waals surface area contributed by atoms with Gasteiger partial charge in [-0.25, -0.2) is 9.97 Å². The van der Waals surface area contributed by atoms with Crippen LogP contribution in [0.15, 0.2) is 71.7 Å². The SMILES string of the molecule is CO[C@H]([C@@H](O)[C@@H](O)CO)[C@H](O)[C@H](O)COc1cc(NC(=O)CCc2ccc(-c3ccc(CCCCN=C(N)NC(=O)c4nc(Cl)c(N)nc4N)cc3)cc2)cc(OC[C@@H](O)[C@@H](OC)[C@H](O)[C@@H](O)[C@@H](O)CO)c1. The van der Waals surface area contributed by atoms with Crippen molar-refractivity contribution in [1.29, 1.82) is 0 Å². The molecule has 24 nitrogen and oxygen atoms in total. The van der Waals surface area contributed by atoms with Gasteiger partial charge in [0.25, 0.3) is 5.91 Å². The molecule has 2 amide bonds. The summed E-state index contributed by atoms with van der Waals surface area (Å²) in [5.74, 6) is -1.54. The van der Waals surface area contributed by atoms with E-state index >= 15 is 0 Å². The molecule has 4 aromatic rings. The number of rotatable bonds is 29. The van der Waals surface area contributed by atoms with E-state index in [-0.39, 0.29) is 52.0 Å². The summed E-state index contributed by atoms with van der Waals surface area (Å²) >= 11 is 5.84. The molecule has 72 heavy (non-hydrogen) atoms. The summed E-state index contributed by atoms with van der Waals surface area (Å²) in [5.41, 5.74) is 21.0. The minimum Gasteiger partial charge on any atom is -0.491 e. The maximum absolute atomic E-state index is 13.3. The van der Waals surface area contributed by atoms with Crippen molar-refractivity contribution in [3.05, 3.63) is 88.7 Å². The fraction of sp³-hybridized carbons (Fsp3) is 0.468. The first-order chi connectivity index (χ1) is 34.3. The fourth-order valence-electron chi connectivity index (χ4n) is 7.12. The lowest BCUT2D eigenvalue weighted by molar-refractivity contribution is -0.156. The topological polar surface area (TPSA) is 414 Å². The first kappa shape index (κ1) is 58.7. The van der Waals surface area contributed by atoms with Gasteiger partial charge in [-0.1, -0.05) is 60.1 Å². The minimum absolute atomic E-state index is 0.00162. The van der Waals surface area contributed by atoms with Crippen LogP contribution in [0.3, 0.4) is 0 Å². The van der Waals surface area contributed by atoms with E-state index in [0.29, 0.717) is 19.4 Å². The molecule has 4 rings (SSSR count). The smallest absolute Gasteiger partial charge is 0.280 e. The molecular formula is C47H65ClN8O16. The number of amides is 2. The van der Waals surface area contributed by atoms with E-state index < -0.39 is 99.3 Å². The molecule has 0 bridgehead atoms. The second kappa shape index (κ2) is 29.0. The zero-order valence-electron chi connectivity index (χ0n) is 39.6. The molecule has 10 atom stereocenters. The van der Waals surface area contributed by atoms with E-state index in [4.69, 9.17) is 52.9 Å². The summed E-state index contributed by atoms with van der Waals surface area (Å²) in [6, 6.07) is 19.9. The molecule has 0 aliphatic heterocycles. The number of aryl methyl sites for hydroxylation is 2. The number of aliphatic imine (C=N–C) groups is 1. The second-order valence-corrected chi connectivity index (χ2v) is 16.9. The van der Waals surface area contributed by atoms with Crippen molar-refractivity contribution in [2.75, 3.05) is 64.0 Å². The number of aromatic nitrogens is 2. The zero-order chi connectivity index (χ0) is 53.1. The highest BCUT2D eigenvalue weighted by Gasteiger charge is 2.37. The van der Waals surface area contributed by atoms with Gasteiger partial charge in [0.2, 0.25) is 5.91 Å². The lowest BCUT2D eigenvalue weighted by Gasteiger charge is -2.31. The average Bonchev–Trinajstić information content (AvgIpc) is 3.37. The molecule has 1 heterocycles. The van der Waals surface area contributed by atoms with Crippen LogP contribution in [0.2, 0.25) is 5.15 Å². The van der Waals surface area contributed by atoms with E-state index in [1.54, 1.807) is 0 Å². The first-order valence-electron chi connectivity index (χ1n) is 22.6. The summed E-state index contributed by atoms with van der Waals surface area (Å²) in [6.45, 7) is -2.53. The predicted molar refractivity (Wildman–Crippen MR) is 263 cm³/mol. The van der Waals surface area contributed by atoms with E-state index in [1.807, 2.05) is 48.5 Å². The molecule has 0 spiro atoms. The van der Waals surface area contributed by atoms with Crippen molar-refractivity contribution in [3.8, 4) is 22.6 Å². The van der Waals surface area contributed by atoms with Gasteiger partial charge < -0.3 is 92.5 Å². The third kappa shape index (κ3) is 17.4. The van der Waals surface area contributed by atoms with Crippen LogP contribution in [0.25, 0.3) is 11.1 Å². The monoisotopic (exact) mass is 1030 g/mol. The second-order valence-electron chi connectivity index (χ2n) is 16.6. The number of aliphatic hydroxyl groups excluding tert-OH is 10. The normalized spacial score (nSPS) is 16.0. The average molecular weight is 1030 g/mol. The minimum atomic E-state index is -1.88. The van der Waals surface area contributed by atoms with Crippen molar-refractivity contribution in [2.24, 2.45) is 10.7 Å². The Balaban J connectivity index is 1.33. The number of ether oxygens (including phenoxy) is 4. The van der Waals surface area contributed by atoms with Gasteiger partial charge in [0.1, 0.15) is 85.8 Å². The van der Waals surface area contributed by atoms with Crippen LogP contribution in [0, 0.1) is 0 Å². The van der Waals surface area contributed by atoms with Gasteiger partial charge in [-0.2, -0.15) is 0 Å². The summed E-state index contributed by atoms with van der Waals surface area (Å²) < 4.78 is 21.6. The number of nitrogens with two attached hydrogens (primary N) is 3. The third-order valence-corrected chi connectivity index (χ3v) is 11.5. The summed E-state index contributed by atoms with van der Waals surface area (Å²) in [6.07, 6.45) is -14.4. The Morgan fingerprint density at radius 2 is 1.19 bits per heavy atom. The number of carbonyl (C=O) groups is 2.